The first kappa shape index (κ1) is 64.5. The summed E-state index contributed by atoms with van der Waals surface area (Å²) in [5.74, 6) is 2.91. The summed E-state index contributed by atoms with van der Waals surface area (Å²) in [6.45, 7) is 19.0. The quantitative estimate of drug-likeness (QED) is 0.0394. The molecule has 0 saturated heterocycles. The average Bonchev–Trinajstić information content (AvgIpc) is 1.64. The molecule has 4 unspecified atom stereocenters. The molecule has 0 amide bonds. The van der Waals surface area contributed by atoms with Crippen molar-refractivity contribution in [2.45, 2.75) is 224 Å². The van der Waals surface area contributed by atoms with E-state index in [-0.39, 0.29) is 0 Å². The summed E-state index contributed by atoms with van der Waals surface area (Å²) in [4.78, 5) is 22.1. The van der Waals surface area contributed by atoms with Gasteiger partial charge in [0.25, 0.3) is 0 Å². The zero-order chi connectivity index (χ0) is 59.6. The first-order valence-electron chi connectivity index (χ1n) is 33.8. The van der Waals surface area contributed by atoms with Crippen LogP contribution in [-0.4, -0.2) is 36.8 Å². The summed E-state index contributed by atoms with van der Waals surface area (Å²) in [6.07, 6.45) is 25.3. The minimum atomic E-state index is -2.61. The third kappa shape index (κ3) is 12.6. The van der Waals surface area contributed by atoms with Crippen molar-refractivity contribution in [3.8, 4) is 19.5 Å². The normalized spacial score (nSPS) is 18.0. The molecule has 0 nitrogen and oxygen atoms in total. The van der Waals surface area contributed by atoms with Gasteiger partial charge in [0, 0.05) is 0 Å². The predicted molar refractivity (Wildman–Crippen MR) is 384 cm³/mol. The van der Waals surface area contributed by atoms with Crippen LogP contribution >= 0.6 is 45.3 Å². The molecule has 0 fully saturated rings. The topological polar surface area (TPSA) is 0 Å². The summed E-state index contributed by atoms with van der Waals surface area (Å²) < 4.78 is 6.46. The summed E-state index contributed by atoms with van der Waals surface area (Å²) in [5.41, 5.74) is 17.2. The van der Waals surface area contributed by atoms with Crippen LogP contribution in [0.4, 0.5) is 0 Å². The van der Waals surface area contributed by atoms with Gasteiger partial charge < -0.3 is 0 Å². The molecule has 0 aliphatic heterocycles. The first-order valence-corrected chi connectivity index (χ1v) is 57.0. The number of rotatable bonds is 30. The number of hydrogen-bond donors (Lipinski definition) is 0. The summed E-state index contributed by atoms with van der Waals surface area (Å²) >= 11 is 3.52. The van der Waals surface area contributed by atoms with Gasteiger partial charge in [-0.15, -0.1) is 0 Å². The van der Waals surface area contributed by atoms with Gasteiger partial charge in [-0.2, -0.15) is 0 Å². The van der Waals surface area contributed by atoms with E-state index in [0.717, 1.165) is 49.4 Å². The Morgan fingerprint density at radius 3 is 0.798 bits per heavy atom. The van der Waals surface area contributed by atoms with E-state index in [1.807, 2.05) is 0 Å². The van der Waals surface area contributed by atoms with Crippen LogP contribution in [0.25, 0.3) is 28.9 Å². The molecule has 448 valence electrons. The Morgan fingerprint density at radius 1 is 0.333 bits per heavy atom. The number of hydrogen-bond acceptors (Lipinski definition) is 4. The fraction of sp³-hybridized carbons (Fsp3) is 0.513. The summed E-state index contributed by atoms with van der Waals surface area (Å²) in [7, 11) is 0. The second kappa shape index (κ2) is 27.7. The number of unbranched alkanes of at least 4 members (excludes halogenated alkanes) is 4. The molecule has 0 radical (unpaired) electrons. The van der Waals surface area contributed by atoms with Crippen LogP contribution in [0.5, 0.6) is 0 Å². The van der Waals surface area contributed by atoms with Crippen molar-refractivity contribution >= 4 is 97.3 Å². The second-order valence-corrected chi connectivity index (χ2v) is 63.2. The molecule has 2 aliphatic rings. The third-order valence-corrected chi connectivity index (χ3v) is 44.2. The van der Waals surface area contributed by atoms with Crippen molar-refractivity contribution in [1.82, 2.24) is 0 Å². The number of fused-ring (bicyclic) bond motifs is 9. The molecule has 0 spiro atoms. The van der Waals surface area contributed by atoms with Crippen molar-refractivity contribution in [1.29, 1.82) is 0 Å². The Bertz CT molecular complexity index is 3060. The van der Waals surface area contributed by atoms with Gasteiger partial charge in [0.15, 0.2) is 0 Å². The van der Waals surface area contributed by atoms with Gasteiger partial charge in [-0.1, -0.05) is 53.4 Å². The minimum absolute atomic E-state index is 0.443. The van der Waals surface area contributed by atoms with Crippen LogP contribution in [0, 0.1) is 23.7 Å². The Hall–Kier alpha value is -2.46. The van der Waals surface area contributed by atoms with Gasteiger partial charge in [0.2, 0.25) is 0 Å². The van der Waals surface area contributed by atoms with E-state index < -0.39 is 47.6 Å². The third-order valence-electron chi connectivity index (χ3n) is 20.3. The van der Waals surface area contributed by atoms with E-state index in [1.54, 1.807) is 47.5 Å². The maximum atomic E-state index is 2.78. The van der Waals surface area contributed by atoms with Crippen LogP contribution in [0.2, 0.25) is 29.6 Å². The fourth-order valence-corrected chi connectivity index (χ4v) is 31.1. The van der Waals surface area contributed by atoms with E-state index in [0.29, 0.717) is 0 Å². The van der Waals surface area contributed by atoms with Gasteiger partial charge in [0.05, 0.1) is 0 Å². The molecule has 4 aromatic carbocycles. The SMILES string of the molecule is CCCCC(CC)Cc1ccc(C2(c3ccc(CC(CC)CCCC)cc3)c3c[c]([Sn]([CH3])([CH3])[CH3])sc3-c3sc4c5c(sc4c32)-c2s[c]([Sn]([CH3])([CH3])[CH3])cc2C5(c2ccc(CC(CC)CCCC)cc2)c2ccc(CC(CC)CCCC)cc2)cc1. The standard InChI is InChI=1S/C72H86S4.6CH3.2Sn/c1-9-17-21-49(13-5)45-53-25-33-57(34-26-53)71(58-35-27-54(28-36-58)46-50(14-6)22-18-10-2)61-41-43-73-65(61)67-63(71)69-70(75-67)64-68(76-69)66-62(42-44-74-66)72(64,59-37-29-55(30-38-59)47-51(15-7)23-19-11-3)60-39-31-56(32-40-60)48-52(16-8)24-20-12-4;;;;;;;;/h25-42,49-52H,9-24,45-48H2,1-8H3;6*1H3;;. The molecule has 0 saturated carbocycles. The Morgan fingerprint density at radius 2 is 0.583 bits per heavy atom. The summed E-state index contributed by atoms with van der Waals surface area (Å²) in [6, 6.07) is 46.9. The van der Waals surface area contributed by atoms with Crippen molar-refractivity contribution < 1.29 is 0 Å². The van der Waals surface area contributed by atoms with Gasteiger partial charge in [-0.05, 0) is 0 Å². The van der Waals surface area contributed by atoms with E-state index in [9.17, 15) is 0 Å². The molecule has 0 N–H and O–H groups in total. The zero-order valence-corrected chi connectivity index (χ0v) is 63.5. The molecule has 4 heterocycles. The Balaban J connectivity index is 1.26. The monoisotopic (exact) mass is 1410 g/mol. The van der Waals surface area contributed by atoms with Gasteiger partial charge in [0.1, 0.15) is 0 Å². The molecule has 10 rings (SSSR count). The molecular weight excluding hydrogens is 1300 g/mol. The van der Waals surface area contributed by atoms with Crippen LogP contribution in [0.15, 0.2) is 109 Å². The Kier molecular flexibility index (Phi) is 21.3. The predicted octanol–water partition coefficient (Wildman–Crippen LogP) is 23.9. The first-order chi connectivity index (χ1) is 40.5. The van der Waals surface area contributed by atoms with Crippen molar-refractivity contribution in [2.24, 2.45) is 23.7 Å². The van der Waals surface area contributed by atoms with Crippen molar-refractivity contribution in [2.75, 3.05) is 0 Å². The maximum absolute atomic E-state index is 2.78. The number of benzene rings is 4. The van der Waals surface area contributed by atoms with Gasteiger partial charge in [-0.25, -0.2) is 0 Å². The molecule has 8 aromatic rings. The van der Waals surface area contributed by atoms with Gasteiger partial charge in [-0.3, -0.25) is 0 Å². The zero-order valence-electron chi connectivity index (χ0n) is 54.5. The molecule has 84 heavy (non-hydrogen) atoms. The van der Waals surface area contributed by atoms with Crippen LogP contribution in [0.1, 0.15) is 225 Å². The van der Waals surface area contributed by atoms with E-state index >= 15 is 0 Å². The molecule has 2 aliphatic carbocycles. The fourth-order valence-electron chi connectivity index (χ4n) is 14.8. The molecule has 4 aromatic heterocycles. The van der Waals surface area contributed by atoms with Crippen LogP contribution < -0.4 is 5.79 Å². The van der Waals surface area contributed by atoms with Crippen molar-refractivity contribution in [3.05, 3.63) is 176 Å². The van der Waals surface area contributed by atoms with E-state index in [4.69, 9.17) is 0 Å². The van der Waals surface area contributed by atoms with Crippen LogP contribution in [-0.2, 0) is 36.5 Å². The average molecular weight is 1410 g/mol. The molecule has 4 atom stereocenters. The molecule has 0 bridgehead atoms. The van der Waals surface area contributed by atoms with E-state index in [2.05, 4.69) is 240 Å². The second-order valence-electron chi connectivity index (χ2n) is 28.2. The molecular formula is C78H104S4Sn2. The van der Waals surface area contributed by atoms with Crippen LogP contribution in [0.3, 0.4) is 0 Å². The van der Waals surface area contributed by atoms with E-state index in [1.165, 1.54) is 157 Å². The molecule has 6 heteroatoms. The number of thiophene rings is 4. The van der Waals surface area contributed by atoms with Gasteiger partial charge >= 0.3 is 487 Å². The van der Waals surface area contributed by atoms with Crippen molar-refractivity contribution in [3.63, 3.8) is 0 Å². The summed E-state index contributed by atoms with van der Waals surface area (Å²) in [5, 5.41) is 0. The Labute approximate surface area is 535 Å².